The number of nitrogens with zero attached hydrogens (tertiary/aromatic N) is 3. The predicted octanol–water partition coefficient (Wildman–Crippen LogP) is 4.35. The summed E-state index contributed by atoms with van der Waals surface area (Å²) in [6, 6.07) is 20.8. The fraction of sp³-hybridized carbons (Fsp3) is 0.467. The molecule has 1 aliphatic heterocycles. The number of carbonyl (C=O) groups is 1. The van der Waals surface area contributed by atoms with E-state index in [1.165, 1.54) is 5.56 Å². The second kappa shape index (κ2) is 12.5. The van der Waals surface area contributed by atoms with Gasteiger partial charge in [-0.1, -0.05) is 73.5 Å². The van der Waals surface area contributed by atoms with E-state index in [2.05, 4.69) is 46.3 Å². The lowest BCUT2D eigenvalue weighted by molar-refractivity contribution is -0.0264. The molecule has 196 valence electrons. The maximum atomic E-state index is 14.2. The van der Waals surface area contributed by atoms with E-state index in [9.17, 15) is 4.79 Å². The van der Waals surface area contributed by atoms with Crippen molar-refractivity contribution in [3.05, 3.63) is 78.2 Å². The highest BCUT2D eigenvalue weighted by atomic mass is 16.5. The Balaban J connectivity index is 1.47. The van der Waals surface area contributed by atoms with E-state index in [1.807, 2.05) is 35.5 Å². The Bertz CT molecular complexity index is 1130. The predicted molar refractivity (Wildman–Crippen MR) is 145 cm³/mol. The first-order chi connectivity index (χ1) is 18.3. The molecule has 3 atom stereocenters. The van der Waals surface area contributed by atoms with E-state index in [0.717, 1.165) is 56.5 Å². The highest BCUT2D eigenvalue weighted by molar-refractivity contribution is 5.98. The molecule has 3 aromatic rings. The first kappa shape index (κ1) is 25.6. The second-order valence-corrected chi connectivity index (χ2v) is 10.0. The summed E-state index contributed by atoms with van der Waals surface area (Å²) in [7, 11) is 1.70. The number of piperazine rings is 1. The summed E-state index contributed by atoms with van der Waals surface area (Å²) in [5.41, 5.74) is 3.68. The Labute approximate surface area is 219 Å². The quantitative estimate of drug-likeness (QED) is 0.441. The van der Waals surface area contributed by atoms with E-state index >= 15 is 0 Å². The molecule has 1 N–H and O–H groups in total. The van der Waals surface area contributed by atoms with Crippen LogP contribution in [0.4, 0.5) is 0 Å². The Morgan fingerprint density at radius 1 is 1.03 bits per heavy atom. The molecular weight excluding hydrogens is 464 g/mol. The number of nitrogens with one attached hydrogen (secondary N) is 1. The molecule has 7 heteroatoms. The molecule has 5 rings (SSSR count). The molecule has 1 saturated carbocycles. The molecule has 1 amide bonds. The third-order valence-electron chi connectivity index (χ3n) is 7.61. The van der Waals surface area contributed by atoms with Crippen molar-refractivity contribution in [2.75, 3.05) is 40.0 Å². The van der Waals surface area contributed by atoms with E-state index in [1.54, 1.807) is 7.11 Å². The normalized spacial score (nSPS) is 22.2. The van der Waals surface area contributed by atoms with Crippen molar-refractivity contribution in [1.29, 1.82) is 0 Å². The minimum absolute atomic E-state index is 0.00712. The van der Waals surface area contributed by atoms with E-state index in [-0.39, 0.29) is 24.1 Å². The van der Waals surface area contributed by atoms with Gasteiger partial charge in [-0.15, -0.1) is 0 Å². The number of rotatable bonds is 9. The third-order valence-corrected chi connectivity index (χ3v) is 7.61. The van der Waals surface area contributed by atoms with E-state index < -0.39 is 0 Å². The largest absolute Gasteiger partial charge is 0.382 e. The van der Waals surface area contributed by atoms with Crippen molar-refractivity contribution in [1.82, 2.24) is 19.8 Å². The van der Waals surface area contributed by atoms with Gasteiger partial charge in [0.15, 0.2) is 5.69 Å². The molecule has 1 saturated heterocycles. The van der Waals surface area contributed by atoms with Crippen LogP contribution in [-0.4, -0.2) is 72.5 Å². The van der Waals surface area contributed by atoms with Crippen LogP contribution < -0.4 is 5.32 Å². The monoisotopic (exact) mass is 502 g/mol. The van der Waals surface area contributed by atoms with Gasteiger partial charge >= 0.3 is 0 Å². The van der Waals surface area contributed by atoms with E-state index in [0.29, 0.717) is 25.5 Å². The summed E-state index contributed by atoms with van der Waals surface area (Å²) in [4.78, 5) is 21.0. The number of imidazole rings is 1. The van der Waals surface area contributed by atoms with Crippen molar-refractivity contribution in [2.24, 2.45) is 0 Å². The molecule has 2 fully saturated rings. The lowest BCUT2D eigenvalue weighted by atomic mass is 9.91. The molecule has 1 aliphatic carbocycles. The van der Waals surface area contributed by atoms with Gasteiger partial charge < -0.3 is 24.3 Å². The summed E-state index contributed by atoms with van der Waals surface area (Å²) in [6.07, 6.45) is 7.06. The van der Waals surface area contributed by atoms with Crippen LogP contribution in [0.15, 0.2) is 67.0 Å². The van der Waals surface area contributed by atoms with Gasteiger partial charge in [0.2, 0.25) is 0 Å². The van der Waals surface area contributed by atoms with Crippen molar-refractivity contribution in [3.8, 4) is 11.3 Å². The van der Waals surface area contributed by atoms with Gasteiger partial charge in [0.25, 0.3) is 5.91 Å². The van der Waals surface area contributed by atoms with Gasteiger partial charge in [-0.3, -0.25) is 4.79 Å². The summed E-state index contributed by atoms with van der Waals surface area (Å²) in [5, 5.41) is 3.48. The van der Waals surface area contributed by atoms with Crippen molar-refractivity contribution in [3.63, 3.8) is 0 Å². The standard InChI is InChI=1S/C30H38N4O3/c1-36-18-19-37-27-15-9-8-14-26(27)34-22-32-28(29(34)24-12-6-3-7-13-24)30(35)33-17-16-31-21-25(33)20-23-10-4-2-5-11-23/h2-7,10-13,22,25-27,31H,8-9,14-21H2,1H3/t25-,26+,27+/m1/s1. The first-order valence-corrected chi connectivity index (χ1v) is 13.5. The van der Waals surface area contributed by atoms with Crippen LogP contribution in [0.25, 0.3) is 11.3 Å². The number of carbonyl (C=O) groups excluding carboxylic acids is 1. The number of hydrogen-bond acceptors (Lipinski definition) is 5. The zero-order valence-electron chi connectivity index (χ0n) is 21.7. The fourth-order valence-corrected chi connectivity index (χ4v) is 5.76. The lowest BCUT2D eigenvalue weighted by Crippen LogP contribution is -2.54. The number of benzene rings is 2. The maximum absolute atomic E-state index is 14.2. The maximum Gasteiger partial charge on any atom is 0.275 e. The van der Waals surface area contributed by atoms with Gasteiger partial charge in [0, 0.05) is 38.3 Å². The zero-order valence-corrected chi connectivity index (χ0v) is 21.7. The fourth-order valence-electron chi connectivity index (χ4n) is 5.76. The average molecular weight is 503 g/mol. The van der Waals surface area contributed by atoms with Crippen molar-refractivity contribution >= 4 is 5.91 Å². The first-order valence-electron chi connectivity index (χ1n) is 13.5. The molecule has 37 heavy (non-hydrogen) atoms. The summed E-state index contributed by atoms with van der Waals surface area (Å²) in [6.45, 7) is 3.38. The number of aromatic nitrogens is 2. The average Bonchev–Trinajstić information content (AvgIpc) is 3.39. The summed E-state index contributed by atoms with van der Waals surface area (Å²) < 4.78 is 13.7. The summed E-state index contributed by atoms with van der Waals surface area (Å²) in [5.74, 6) is 0.00712. The van der Waals surface area contributed by atoms with Crippen molar-refractivity contribution < 1.29 is 14.3 Å². The molecule has 1 aromatic heterocycles. The third kappa shape index (κ3) is 5.95. The topological polar surface area (TPSA) is 68.6 Å². The van der Waals surface area contributed by atoms with Crippen LogP contribution in [0, 0.1) is 0 Å². The van der Waals surface area contributed by atoms with Crippen LogP contribution in [0.2, 0.25) is 0 Å². The number of hydrogen-bond donors (Lipinski definition) is 1. The molecule has 0 spiro atoms. The summed E-state index contributed by atoms with van der Waals surface area (Å²) >= 11 is 0. The SMILES string of the molecule is COCCO[C@H]1CCCC[C@@H]1n1cnc(C(=O)N2CCNC[C@H]2Cc2ccccc2)c1-c1ccccc1. The molecule has 0 bridgehead atoms. The molecular formula is C30H38N4O3. The van der Waals surface area contributed by atoms with Gasteiger partial charge in [-0.05, 0) is 24.8 Å². The molecule has 0 radical (unpaired) electrons. The van der Waals surface area contributed by atoms with Crippen molar-refractivity contribution in [2.45, 2.75) is 50.3 Å². The van der Waals surface area contributed by atoms with Gasteiger partial charge in [-0.25, -0.2) is 4.98 Å². The second-order valence-electron chi connectivity index (χ2n) is 10.0. The minimum atomic E-state index is 0.00712. The molecule has 2 aliphatic rings. The molecule has 0 unspecified atom stereocenters. The molecule has 2 aromatic carbocycles. The van der Waals surface area contributed by atoms with Crippen LogP contribution >= 0.6 is 0 Å². The number of ether oxygens (including phenoxy) is 2. The molecule has 7 nitrogen and oxygen atoms in total. The van der Waals surface area contributed by atoms with Gasteiger partial charge in [0.05, 0.1) is 37.4 Å². The Morgan fingerprint density at radius 3 is 2.57 bits per heavy atom. The van der Waals surface area contributed by atoms with Crippen LogP contribution in [0.3, 0.4) is 0 Å². The Hall–Kier alpha value is -3.00. The lowest BCUT2D eigenvalue weighted by Gasteiger charge is -2.36. The Morgan fingerprint density at radius 2 is 1.78 bits per heavy atom. The minimum Gasteiger partial charge on any atom is -0.382 e. The smallest absolute Gasteiger partial charge is 0.275 e. The molecule has 2 heterocycles. The highest BCUT2D eigenvalue weighted by Crippen LogP contribution is 2.36. The van der Waals surface area contributed by atoms with E-state index in [4.69, 9.17) is 14.5 Å². The van der Waals surface area contributed by atoms with Gasteiger partial charge in [0.1, 0.15) is 0 Å². The number of amides is 1. The van der Waals surface area contributed by atoms with Gasteiger partial charge in [-0.2, -0.15) is 0 Å². The zero-order chi connectivity index (χ0) is 25.5. The Kier molecular flexibility index (Phi) is 8.66. The van der Waals surface area contributed by atoms with Crippen LogP contribution in [-0.2, 0) is 15.9 Å². The van der Waals surface area contributed by atoms with Crippen LogP contribution in [0.5, 0.6) is 0 Å². The van der Waals surface area contributed by atoms with Crippen LogP contribution in [0.1, 0.15) is 47.8 Å². The number of methoxy groups -OCH3 is 1. The highest BCUT2D eigenvalue weighted by Gasteiger charge is 2.34.